The van der Waals surface area contributed by atoms with Crippen molar-refractivity contribution in [3.05, 3.63) is 48.8 Å². The van der Waals surface area contributed by atoms with Crippen molar-refractivity contribution >= 4 is 17.3 Å². The normalized spacial score (nSPS) is 11.5. The number of thioether (sulfide) groups is 1. The zero-order valence-corrected chi connectivity index (χ0v) is 10.6. The maximum atomic E-state index is 12.7. The van der Waals surface area contributed by atoms with Gasteiger partial charge in [-0.3, -0.25) is 8.97 Å². The van der Waals surface area contributed by atoms with Gasteiger partial charge in [-0.2, -0.15) is 8.78 Å². The van der Waals surface area contributed by atoms with E-state index in [0.29, 0.717) is 11.6 Å². The Kier molecular flexibility index (Phi) is 3.20. The second-order valence-electron chi connectivity index (χ2n) is 3.85. The van der Waals surface area contributed by atoms with Gasteiger partial charge in [0.15, 0.2) is 5.16 Å². The Balaban J connectivity index is 1.81. The van der Waals surface area contributed by atoms with E-state index in [9.17, 15) is 8.78 Å². The molecule has 3 aromatic heterocycles. The molecule has 0 spiro atoms. The van der Waals surface area contributed by atoms with Crippen LogP contribution in [0.25, 0.3) is 5.52 Å². The SMILES string of the molecule is FC(F)n1ccnc1CSc1ncc2ccccn12. The third-order valence-corrected chi connectivity index (χ3v) is 3.66. The minimum absolute atomic E-state index is 0.340. The first-order valence-corrected chi connectivity index (χ1v) is 6.59. The molecule has 0 aliphatic heterocycles. The summed E-state index contributed by atoms with van der Waals surface area (Å²) in [7, 11) is 0. The molecule has 0 atom stereocenters. The number of rotatable bonds is 4. The van der Waals surface area contributed by atoms with E-state index in [4.69, 9.17) is 0 Å². The van der Waals surface area contributed by atoms with Crippen LogP contribution < -0.4 is 0 Å². The molecule has 0 aliphatic rings. The van der Waals surface area contributed by atoms with E-state index < -0.39 is 6.55 Å². The predicted molar refractivity (Wildman–Crippen MR) is 68.2 cm³/mol. The summed E-state index contributed by atoms with van der Waals surface area (Å²) in [6.07, 6.45) is 6.31. The quantitative estimate of drug-likeness (QED) is 0.688. The van der Waals surface area contributed by atoms with Crippen LogP contribution in [0.15, 0.2) is 48.1 Å². The fourth-order valence-corrected chi connectivity index (χ4v) is 2.70. The summed E-state index contributed by atoms with van der Waals surface area (Å²) in [5.74, 6) is 0.693. The van der Waals surface area contributed by atoms with Crippen molar-refractivity contribution in [1.29, 1.82) is 0 Å². The van der Waals surface area contributed by atoms with Gasteiger partial charge in [-0.1, -0.05) is 17.8 Å². The summed E-state index contributed by atoms with van der Waals surface area (Å²) in [4.78, 5) is 8.21. The van der Waals surface area contributed by atoms with Crippen molar-refractivity contribution < 1.29 is 8.78 Å². The number of hydrogen-bond acceptors (Lipinski definition) is 3. The molecule has 0 fully saturated rings. The molecule has 3 rings (SSSR count). The molecule has 7 heteroatoms. The highest BCUT2D eigenvalue weighted by atomic mass is 32.2. The molecule has 0 aliphatic carbocycles. The Bertz CT molecular complexity index is 692. The van der Waals surface area contributed by atoms with Gasteiger partial charge in [-0.25, -0.2) is 9.97 Å². The fraction of sp³-hybridized carbons (Fsp3) is 0.167. The highest BCUT2D eigenvalue weighted by Crippen LogP contribution is 2.23. The standard InChI is InChI=1S/C12H10F2N4S/c13-11(14)18-6-4-15-10(18)8-19-12-16-7-9-3-1-2-5-17(9)12/h1-7,11H,8H2. The summed E-state index contributed by atoms with van der Waals surface area (Å²) >= 11 is 1.38. The smallest absolute Gasteiger partial charge is 0.295 e. The second-order valence-corrected chi connectivity index (χ2v) is 4.80. The Labute approximate surface area is 112 Å². The van der Waals surface area contributed by atoms with Crippen LogP contribution in [0, 0.1) is 0 Å². The summed E-state index contributed by atoms with van der Waals surface area (Å²) in [6.45, 7) is -2.56. The lowest BCUT2D eigenvalue weighted by molar-refractivity contribution is 0.0678. The number of halogens is 2. The van der Waals surface area contributed by atoms with Gasteiger partial charge in [0.05, 0.1) is 17.5 Å². The average Bonchev–Trinajstić information content (AvgIpc) is 3.03. The third-order valence-electron chi connectivity index (χ3n) is 2.69. The van der Waals surface area contributed by atoms with E-state index in [0.717, 1.165) is 15.2 Å². The molecule has 0 saturated heterocycles. The first-order chi connectivity index (χ1) is 9.25. The van der Waals surface area contributed by atoms with Crippen LogP contribution in [0.2, 0.25) is 0 Å². The van der Waals surface area contributed by atoms with Gasteiger partial charge in [-0.15, -0.1) is 0 Å². The van der Waals surface area contributed by atoms with Gasteiger partial charge in [0, 0.05) is 18.6 Å². The molecule has 3 aromatic rings. The number of hydrogen-bond donors (Lipinski definition) is 0. The summed E-state index contributed by atoms with van der Waals surface area (Å²) in [5.41, 5.74) is 0.974. The van der Waals surface area contributed by atoms with Crippen LogP contribution in [0.1, 0.15) is 12.4 Å². The Morgan fingerprint density at radius 1 is 1.21 bits per heavy atom. The van der Waals surface area contributed by atoms with Crippen LogP contribution in [0.4, 0.5) is 8.78 Å². The Morgan fingerprint density at radius 3 is 2.95 bits per heavy atom. The monoisotopic (exact) mass is 280 g/mol. The van der Waals surface area contributed by atoms with E-state index in [1.807, 2.05) is 28.8 Å². The number of nitrogens with zero attached hydrogens (tertiary/aromatic N) is 4. The zero-order valence-electron chi connectivity index (χ0n) is 9.78. The summed E-state index contributed by atoms with van der Waals surface area (Å²) in [5, 5.41) is 0.763. The molecular formula is C12H10F2N4S. The van der Waals surface area contributed by atoms with E-state index in [1.54, 1.807) is 6.20 Å². The maximum absolute atomic E-state index is 12.7. The first kappa shape index (κ1) is 12.2. The maximum Gasteiger partial charge on any atom is 0.319 e. The van der Waals surface area contributed by atoms with Gasteiger partial charge in [0.2, 0.25) is 0 Å². The van der Waals surface area contributed by atoms with E-state index in [2.05, 4.69) is 9.97 Å². The molecule has 0 amide bonds. The summed E-state index contributed by atoms with van der Waals surface area (Å²) in [6, 6.07) is 5.77. The molecule has 0 bridgehead atoms. The number of fused-ring (bicyclic) bond motifs is 1. The fourth-order valence-electron chi connectivity index (χ4n) is 1.79. The van der Waals surface area contributed by atoms with Crippen molar-refractivity contribution in [2.45, 2.75) is 17.5 Å². The molecule has 0 unspecified atom stereocenters. The molecule has 98 valence electrons. The molecule has 3 heterocycles. The van der Waals surface area contributed by atoms with Crippen molar-refractivity contribution in [1.82, 2.24) is 18.9 Å². The molecule has 0 aromatic carbocycles. The number of imidazole rings is 2. The summed E-state index contributed by atoms with van der Waals surface area (Å²) < 4.78 is 28.1. The largest absolute Gasteiger partial charge is 0.319 e. The van der Waals surface area contributed by atoms with Gasteiger partial charge in [-0.05, 0) is 12.1 Å². The molecular weight excluding hydrogens is 270 g/mol. The van der Waals surface area contributed by atoms with Gasteiger partial charge < -0.3 is 0 Å². The minimum atomic E-state index is -2.56. The molecule has 0 saturated carbocycles. The predicted octanol–water partition coefficient (Wildman–Crippen LogP) is 3.22. The Hall–Kier alpha value is -1.89. The van der Waals surface area contributed by atoms with E-state index in [-0.39, 0.29) is 0 Å². The second kappa shape index (κ2) is 5.00. The van der Waals surface area contributed by atoms with Crippen LogP contribution >= 0.6 is 11.8 Å². The topological polar surface area (TPSA) is 35.1 Å². The van der Waals surface area contributed by atoms with Crippen molar-refractivity contribution in [2.75, 3.05) is 0 Å². The lowest BCUT2D eigenvalue weighted by Crippen LogP contribution is -2.02. The number of alkyl halides is 2. The molecule has 4 nitrogen and oxygen atoms in total. The van der Waals surface area contributed by atoms with Gasteiger partial charge in [0.1, 0.15) is 5.82 Å². The van der Waals surface area contributed by atoms with Crippen molar-refractivity contribution in [2.24, 2.45) is 0 Å². The number of aromatic nitrogens is 4. The highest BCUT2D eigenvalue weighted by Gasteiger charge is 2.12. The van der Waals surface area contributed by atoms with Gasteiger partial charge >= 0.3 is 6.55 Å². The Morgan fingerprint density at radius 2 is 2.11 bits per heavy atom. The lowest BCUT2D eigenvalue weighted by Gasteiger charge is -2.05. The lowest BCUT2D eigenvalue weighted by atomic mass is 10.4. The zero-order chi connectivity index (χ0) is 13.2. The minimum Gasteiger partial charge on any atom is -0.295 e. The molecule has 19 heavy (non-hydrogen) atoms. The van der Waals surface area contributed by atoms with Gasteiger partial charge in [0.25, 0.3) is 0 Å². The highest BCUT2D eigenvalue weighted by molar-refractivity contribution is 7.98. The third kappa shape index (κ3) is 2.33. The van der Waals surface area contributed by atoms with Crippen LogP contribution in [-0.2, 0) is 5.75 Å². The van der Waals surface area contributed by atoms with E-state index >= 15 is 0 Å². The molecule has 0 radical (unpaired) electrons. The first-order valence-electron chi connectivity index (χ1n) is 5.60. The van der Waals surface area contributed by atoms with E-state index in [1.165, 1.54) is 24.2 Å². The number of pyridine rings is 1. The van der Waals surface area contributed by atoms with Crippen molar-refractivity contribution in [3.8, 4) is 0 Å². The van der Waals surface area contributed by atoms with Crippen LogP contribution in [-0.4, -0.2) is 18.9 Å². The van der Waals surface area contributed by atoms with Crippen LogP contribution in [0.3, 0.4) is 0 Å². The average molecular weight is 280 g/mol. The molecule has 0 N–H and O–H groups in total. The van der Waals surface area contributed by atoms with Crippen molar-refractivity contribution in [3.63, 3.8) is 0 Å². The van der Waals surface area contributed by atoms with Crippen LogP contribution in [0.5, 0.6) is 0 Å².